The minimum Gasteiger partial charge on any atom is -0.481 e. The Bertz CT molecular complexity index is 292. The summed E-state index contributed by atoms with van der Waals surface area (Å²) in [4.78, 5) is 0. The highest BCUT2D eigenvalue weighted by atomic mass is 16.5. The lowest BCUT2D eigenvalue weighted by Crippen LogP contribution is -1.92. The molecule has 1 heteroatoms. The fourth-order valence-electron chi connectivity index (χ4n) is 1.04. The summed E-state index contributed by atoms with van der Waals surface area (Å²) in [6.07, 6.45) is 3.36. The molecule has 0 saturated carbocycles. The highest BCUT2D eigenvalue weighted by Gasteiger charge is 1.86. The van der Waals surface area contributed by atoms with Crippen molar-refractivity contribution < 1.29 is 4.74 Å². The van der Waals surface area contributed by atoms with Crippen LogP contribution in [0.2, 0.25) is 0 Å². The zero-order chi connectivity index (χ0) is 10.1. The van der Waals surface area contributed by atoms with Crippen LogP contribution in [-0.2, 0) is 0 Å². The molecule has 0 saturated heterocycles. The predicted molar refractivity (Wildman–Crippen MR) is 59.2 cm³/mol. The Morgan fingerprint density at radius 2 is 1.93 bits per heavy atom. The van der Waals surface area contributed by atoms with Crippen molar-refractivity contribution in [2.24, 2.45) is 0 Å². The smallest absolute Gasteiger partial charge is 0.149 e. The van der Waals surface area contributed by atoms with E-state index in [0.717, 1.165) is 12.2 Å². The van der Waals surface area contributed by atoms with Gasteiger partial charge in [0, 0.05) is 6.42 Å². The lowest BCUT2D eigenvalue weighted by Gasteiger charge is -1.99. The lowest BCUT2D eigenvalue weighted by atomic mass is 10.2. The first-order valence-electron chi connectivity index (χ1n) is 5.07. The van der Waals surface area contributed by atoms with Crippen LogP contribution in [0.15, 0.2) is 30.3 Å². The maximum Gasteiger partial charge on any atom is 0.149 e. The van der Waals surface area contributed by atoms with E-state index < -0.39 is 0 Å². The lowest BCUT2D eigenvalue weighted by molar-refractivity contribution is 0.370. The van der Waals surface area contributed by atoms with Crippen molar-refractivity contribution in [3.63, 3.8) is 0 Å². The van der Waals surface area contributed by atoms with Gasteiger partial charge >= 0.3 is 0 Å². The molecule has 0 spiro atoms. The van der Waals surface area contributed by atoms with Crippen LogP contribution in [0, 0.1) is 11.8 Å². The zero-order valence-electron chi connectivity index (χ0n) is 8.62. The number of para-hydroxylation sites is 1. The van der Waals surface area contributed by atoms with E-state index in [4.69, 9.17) is 4.74 Å². The van der Waals surface area contributed by atoms with Gasteiger partial charge in [0.25, 0.3) is 0 Å². The molecule has 1 rings (SSSR count). The molecular weight excluding hydrogens is 172 g/mol. The van der Waals surface area contributed by atoms with Gasteiger partial charge in [0.15, 0.2) is 0 Å². The third-order valence-corrected chi connectivity index (χ3v) is 1.83. The first kappa shape index (κ1) is 10.7. The monoisotopic (exact) mass is 188 g/mol. The Labute approximate surface area is 86.1 Å². The standard InChI is InChI=1S/C13H16O/c1-2-3-4-5-9-12-14-13-10-7-6-8-11-13/h6-8,10-11H,2-4,12H2,1H3. The first-order valence-corrected chi connectivity index (χ1v) is 5.07. The molecule has 74 valence electrons. The molecule has 1 nitrogen and oxygen atoms in total. The van der Waals surface area contributed by atoms with Gasteiger partial charge in [0.05, 0.1) is 0 Å². The summed E-state index contributed by atoms with van der Waals surface area (Å²) in [6.45, 7) is 2.66. The van der Waals surface area contributed by atoms with Crippen molar-refractivity contribution in [2.75, 3.05) is 6.61 Å². The number of ether oxygens (including phenoxy) is 1. The number of benzene rings is 1. The molecule has 14 heavy (non-hydrogen) atoms. The summed E-state index contributed by atoms with van der Waals surface area (Å²) in [7, 11) is 0. The molecule has 0 unspecified atom stereocenters. The molecule has 0 heterocycles. The first-order chi connectivity index (χ1) is 6.93. The Kier molecular flexibility index (Phi) is 5.35. The summed E-state index contributed by atoms with van der Waals surface area (Å²) >= 11 is 0. The van der Waals surface area contributed by atoms with Gasteiger partial charge in [-0.25, -0.2) is 0 Å². The van der Waals surface area contributed by atoms with E-state index in [-0.39, 0.29) is 0 Å². The van der Waals surface area contributed by atoms with E-state index in [1.807, 2.05) is 30.3 Å². The Hall–Kier alpha value is -1.42. The molecule has 0 bridgehead atoms. The number of hydrogen-bond donors (Lipinski definition) is 0. The van der Waals surface area contributed by atoms with Gasteiger partial charge in [-0.3, -0.25) is 0 Å². The largest absolute Gasteiger partial charge is 0.481 e. The van der Waals surface area contributed by atoms with Gasteiger partial charge in [-0.2, -0.15) is 0 Å². The summed E-state index contributed by atoms with van der Waals surface area (Å²) < 4.78 is 5.41. The molecule has 0 aromatic heterocycles. The van der Waals surface area contributed by atoms with Gasteiger partial charge in [-0.05, 0) is 18.6 Å². The van der Waals surface area contributed by atoms with Crippen molar-refractivity contribution in [3.05, 3.63) is 30.3 Å². The summed E-state index contributed by atoms with van der Waals surface area (Å²) in [5.41, 5.74) is 0. The van der Waals surface area contributed by atoms with Crippen LogP contribution in [0.3, 0.4) is 0 Å². The Balaban J connectivity index is 2.17. The molecule has 0 aliphatic heterocycles. The summed E-state index contributed by atoms with van der Waals surface area (Å²) in [5, 5.41) is 0. The molecule has 0 fully saturated rings. The van der Waals surface area contributed by atoms with Gasteiger partial charge in [-0.1, -0.05) is 43.4 Å². The minimum absolute atomic E-state index is 0.494. The van der Waals surface area contributed by atoms with Gasteiger partial charge < -0.3 is 4.74 Å². The fraction of sp³-hybridized carbons (Fsp3) is 0.385. The number of hydrogen-bond acceptors (Lipinski definition) is 1. The highest BCUT2D eigenvalue weighted by Crippen LogP contribution is 2.07. The summed E-state index contributed by atoms with van der Waals surface area (Å²) in [6, 6.07) is 9.76. The molecule has 1 aromatic carbocycles. The van der Waals surface area contributed by atoms with Crippen LogP contribution in [0.25, 0.3) is 0 Å². The molecule has 0 N–H and O–H groups in total. The molecule has 0 amide bonds. The highest BCUT2D eigenvalue weighted by molar-refractivity contribution is 5.21. The predicted octanol–water partition coefficient (Wildman–Crippen LogP) is 3.26. The van der Waals surface area contributed by atoms with Gasteiger partial charge in [0.1, 0.15) is 12.4 Å². The maximum atomic E-state index is 5.41. The third kappa shape index (κ3) is 4.57. The average Bonchev–Trinajstić information content (AvgIpc) is 2.25. The Morgan fingerprint density at radius 3 is 2.64 bits per heavy atom. The topological polar surface area (TPSA) is 9.23 Å². The second-order valence-corrected chi connectivity index (χ2v) is 3.06. The SMILES string of the molecule is CCCCC#CCOc1ccccc1. The van der Waals surface area contributed by atoms with E-state index in [2.05, 4.69) is 18.8 Å². The van der Waals surface area contributed by atoms with Crippen LogP contribution < -0.4 is 4.74 Å². The van der Waals surface area contributed by atoms with Gasteiger partial charge in [-0.15, -0.1) is 0 Å². The zero-order valence-corrected chi connectivity index (χ0v) is 8.62. The van der Waals surface area contributed by atoms with Crippen molar-refractivity contribution in [1.29, 1.82) is 0 Å². The molecule has 0 radical (unpaired) electrons. The molecular formula is C13H16O. The average molecular weight is 188 g/mol. The van der Waals surface area contributed by atoms with E-state index in [1.165, 1.54) is 12.8 Å². The van der Waals surface area contributed by atoms with Crippen molar-refractivity contribution in [2.45, 2.75) is 26.2 Å². The maximum absolute atomic E-state index is 5.41. The molecule has 0 atom stereocenters. The van der Waals surface area contributed by atoms with E-state index >= 15 is 0 Å². The van der Waals surface area contributed by atoms with Crippen LogP contribution in [-0.4, -0.2) is 6.61 Å². The minimum atomic E-state index is 0.494. The third-order valence-electron chi connectivity index (χ3n) is 1.83. The number of rotatable bonds is 4. The molecule has 0 aliphatic rings. The normalized spacial score (nSPS) is 8.93. The van der Waals surface area contributed by atoms with Crippen molar-refractivity contribution in [1.82, 2.24) is 0 Å². The molecule has 0 aliphatic carbocycles. The summed E-state index contributed by atoms with van der Waals surface area (Å²) in [5.74, 6) is 6.96. The van der Waals surface area contributed by atoms with Crippen LogP contribution >= 0.6 is 0 Å². The van der Waals surface area contributed by atoms with Crippen LogP contribution in [0.1, 0.15) is 26.2 Å². The fourth-order valence-corrected chi connectivity index (χ4v) is 1.04. The van der Waals surface area contributed by atoms with Crippen LogP contribution in [0.4, 0.5) is 0 Å². The quantitative estimate of drug-likeness (QED) is 0.520. The Morgan fingerprint density at radius 1 is 1.14 bits per heavy atom. The van der Waals surface area contributed by atoms with Crippen molar-refractivity contribution >= 4 is 0 Å². The second-order valence-electron chi connectivity index (χ2n) is 3.06. The van der Waals surface area contributed by atoms with E-state index in [0.29, 0.717) is 6.61 Å². The van der Waals surface area contributed by atoms with E-state index in [1.54, 1.807) is 0 Å². The van der Waals surface area contributed by atoms with Gasteiger partial charge in [0.2, 0.25) is 0 Å². The second kappa shape index (κ2) is 7.03. The molecule has 1 aromatic rings. The van der Waals surface area contributed by atoms with Crippen molar-refractivity contribution in [3.8, 4) is 17.6 Å². The number of unbranched alkanes of at least 4 members (excludes halogenated alkanes) is 2. The van der Waals surface area contributed by atoms with Crippen LogP contribution in [0.5, 0.6) is 5.75 Å². The van der Waals surface area contributed by atoms with E-state index in [9.17, 15) is 0 Å².